The second-order valence-corrected chi connectivity index (χ2v) is 7.12. The summed E-state index contributed by atoms with van der Waals surface area (Å²) in [5.74, 6) is -0.404. The first-order valence-electron chi connectivity index (χ1n) is 7.00. The molecular formula is C16H17ClN2O3S. The molecule has 0 aliphatic rings. The van der Waals surface area contributed by atoms with Gasteiger partial charge in [-0.25, -0.2) is 13.1 Å². The van der Waals surface area contributed by atoms with Gasteiger partial charge in [-0.1, -0.05) is 30.7 Å². The fourth-order valence-electron chi connectivity index (χ4n) is 1.95. The van der Waals surface area contributed by atoms with Gasteiger partial charge in [0, 0.05) is 22.8 Å². The van der Waals surface area contributed by atoms with E-state index in [1.54, 1.807) is 31.2 Å². The maximum Gasteiger partial charge on any atom is 0.255 e. The van der Waals surface area contributed by atoms with Crippen molar-refractivity contribution in [2.24, 2.45) is 0 Å². The number of carbonyl (C=O) groups is 1. The van der Waals surface area contributed by atoms with Crippen LogP contribution in [0.4, 0.5) is 5.69 Å². The number of carbonyl (C=O) groups excluding carboxylic acids is 1. The Balaban J connectivity index is 2.24. The van der Waals surface area contributed by atoms with Crippen molar-refractivity contribution in [3.63, 3.8) is 0 Å². The summed E-state index contributed by atoms with van der Waals surface area (Å²) in [7, 11) is -3.60. The molecule has 0 radical (unpaired) electrons. The second kappa shape index (κ2) is 7.12. The zero-order valence-corrected chi connectivity index (χ0v) is 14.3. The van der Waals surface area contributed by atoms with E-state index in [1.165, 1.54) is 18.2 Å². The number of amides is 1. The molecule has 23 heavy (non-hydrogen) atoms. The topological polar surface area (TPSA) is 75.3 Å². The third kappa shape index (κ3) is 4.31. The van der Waals surface area contributed by atoms with Gasteiger partial charge in [-0.15, -0.1) is 0 Å². The van der Waals surface area contributed by atoms with Gasteiger partial charge in [0.2, 0.25) is 10.0 Å². The standard InChI is InChI=1S/C16H17ClN2O3S/c1-3-18-23(21,22)14-6-4-5-12(9-14)16(20)19-13-8-7-11(2)15(17)10-13/h4-10,18H,3H2,1-2H3,(H,19,20). The summed E-state index contributed by atoms with van der Waals surface area (Å²) in [6, 6.07) is 11.0. The van der Waals surface area contributed by atoms with Crippen LogP contribution in [0.3, 0.4) is 0 Å². The maximum absolute atomic E-state index is 12.3. The largest absolute Gasteiger partial charge is 0.322 e. The molecule has 122 valence electrons. The first-order valence-corrected chi connectivity index (χ1v) is 8.87. The molecule has 2 aromatic rings. The van der Waals surface area contributed by atoms with E-state index in [0.717, 1.165) is 5.56 Å². The van der Waals surface area contributed by atoms with Crippen molar-refractivity contribution in [3.05, 3.63) is 58.6 Å². The van der Waals surface area contributed by atoms with E-state index in [9.17, 15) is 13.2 Å². The number of hydrogen-bond acceptors (Lipinski definition) is 3. The zero-order chi connectivity index (χ0) is 17.0. The third-order valence-electron chi connectivity index (χ3n) is 3.17. The van der Waals surface area contributed by atoms with Crippen molar-refractivity contribution < 1.29 is 13.2 Å². The minimum absolute atomic E-state index is 0.0499. The zero-order valence-electron chi connectivity index (χ0n) is 12.8. The number of anilines is 1. The SMILES string of the molecule is CCNS(=O)(=O)c1cccc(C(=O)Nc2ccc(C)c(Cl)c2)c1. The van der Waals surface area contributed by atoms with Crippen LogP contribution in [0.15, 0.2) is 47.4 Å². The average molecular weight is 353 g/mol. The van der Waals surface area contributed by atoms with Gasteiger partial charge in [-0.2, -0.15) is 0 Å². The minimum Gasteiger partial charge on any atom is -0.322 e. The van der Waals surface area contributed by atoms with Crippen LogP contribution in [0.1, 0.15) is 22.8 Å². The molecule has 0 aromatic heterocycles. The lowest BCUT2D eigenvalue weighted by Gasteiger charge is -2.09. The van der Waals surface area contributed by atoms with Crippen LogP contribution in [0.2, 0.25) is 5.02 Å². The first kappa shape index (κ1) is 17.5. The van der Waals surface area contributed by atoms with Crippen molar-refractivity contribution in [1.29, 1.82) is 0 Å². The fourth-order valence-corrected chi connectivity index (χ4v) is 3.22. The van der Waals surface area contributed by atoms with Gasteiger partial charge in [0.15, 0.2) is 0 Å². The number of nitrogens with one attached hydrogen (secondary N) is 2. The highest BCUT2D eigenvalue weighted by Crippen LogP contribution is 2.21. The van der Waals surface area contributed by atoms with Crippen LogP contribution >= 0.6 is 11.6 Å². The van der Waals surface area contributed by atoms with Gasteiger partial charge in [0.1, 0.15) is 0 Å². The molecule has 0 aliphatic heterocycles. The molecule has 0 aliphatic carbocycles. The number of benzene rings is 2. The Morgan fingerprint density at radius 1 is 1.17 bits per heavy atom. The van der Waals surface area contributed by atoms with Crippen LogP contribution in [0, 0.1) is 6.92 Å². The van der Waals surface area contributed by atoms with Crippen molar-refractivity contribution in [1.82, 2.24) is 4.72 Å². The third-order valence-corrected chi connectivity index (χ3v) is 5.12. The molecule has 1 amide bonds. The van der Waals surface area contributed by atoms with E-state index in [-0.39, 0.29) is 17.0 Å². The summed E-state index contributed by atoms with van der Waals surface area (Å²) in [5.41, 5.74) is 1.70. The summed E-state index contributed by atoms with van der Waals surface area (Å²) >= 11 is 6.02. The second-order valence-electron chi connectivity index (χ2n) is 4.95. The first-order chi connectivity index (χ1) is 10.8. The summed E-state index contributed by atoms with van der Waals surface area (Å²) in [6.07, 6.45) is 0. The lowest BCUT2D eigenvalue weighted by atomic mass is 10.2. The molecule has 0 spiro atoms. The molecule has 2 N–H and O–H groups in total. The summed E-state index contributed by atoms with van der Waals surface area (Å²) in [5, 5.41) is 3.25. The number of aryl methyl sites for hydroxylation is 1. The fraction of sp³-hybridized carbons (Fsp3) is 0.188. The molecule has 2 rings (SSSR count). The van der Waals surface area contributed by atoms with Crippen molar-refractivity contribution >= 4 is 33.2 Å². The average Bonchev–Trinajstić information content (AvgIpc) is 2.51. The van der Waals surface area contributed by atoms with Crippen molar-refractivity contribution in [2.75, 3.05) is 11.9 Å². The maximum atomic E-state index is 12.3. The molecular weight excluding hydrogens is 336 g/mol. The van der Waals surface area contributed by atoms with Gasteiger partial charge < -0.3 is 5.32 Å². The van der Waals surface area contributed by atoms with Crippen LogP contribution in [-0.4, -0.2) is 20.9 Å². The molecule has 0 saturated heterocycles. The normalized spacial score (nSPS) is 11.3. The molecule has 5 nitrogen and oxygen atoms in total. The van der Waals surface area contributed by atoms with E-state index < -0.39 is 15.9 Å². The number of halogens is 1. The predicted octanol–water partition coefficient (Wildman–Crippen LogP) is 3.20. The molecule has 2 aromatic carbocycles. The summed E-state index contributed by atoms with van der Waals surface area (Å²) in [6.45, 7) is 3.83. The highest BCUT2D eigenvalue weighted by atomic mass is 35.5. The lowest BCUT2D eigenvalue weighted by Crippen LogP contribution is -2.23. The molecule has 0 saturated carbocycles. The van der Waals surface area contributed by atoms with E-state index in [0.29, 0.717) is 10.7 Å². The molecule has 0 unspecified atom stereocenters. The number of sulfonamides is 1. The van der Waals surface area contributed by atoms with Gasteiger partial charge in [-0.05, 0) is 42.8 Å². The Labute approximate surface area is 140 Å². The van der Waals surface area contributed by atoms with Gasteiger partial charge in [-0.3, -0.25) is 4.79 Å². The highest BCUT2D eigenvalue weighted by Gasteiger charge is 2.15. The predicted molar refractivity (Wildman–Crippen MR) is 91.4 cm³/mol. The molecule has 0 atom stereocenters. The van der Waals surface area contributed by atoms with Gasteiger partial charge >= 0.3 is 0 Å². The van der Waals surface area contributed by atoms with E-state index >= 15 is 0 Å². The van der Waals surface area contributed by atoms with Gasteiger partial charge in [0.05, 0.1) is 4.90 Å². The van der Waals surface area contributed by atoms with E-state index in [4.69, 9.17) is 11.6 Å². The summed E-state index contributed by atoms with van der Waals surface area (Å²) in [4.78, 5) is 12.3. The Hall–Kier alpha value is -1.89. The molecule has 0 bridgehead atoms. The van der Waals surface area contributed by atoms with Crippen molar-refractivity contribution in [2.45, 2.75) is 18.7 Å². The Bertz CT molecular complexity index is 835. The van der Waals surface area contributed by atoms with Crippen LogP contribution in [0.5, 0.6) is 0 Å². The molecule has 7 heteroatoms. The Kier molecular flexibility index (Phi) is 5.41. The quantitative estimate of drug-likeness (QED) is 0.867. The smallest absolute Gasteiger partial charge is 0.255 e. The Morgan fingerprint density at radius 2 is 1.91 bits per heavy atom. The number of hydrogen-bond donors (Lipinski definition) is 2. The molecule has 0 fully saturated rings. The van der Waals surface area contributed by atoms with Crippen LogP contribution in [-0.2, 0) is 10.0 Å². The monoisotopic (exact) mass is 352 g/mol. The van der Waals surface area contributed by atoms with E-state index in [1.807, 2.05) is 6.92 Å². The highest BCUT2D eigenvalue weighted by molar-refractivity contribution is 7.89. The van der Waals surface area contributed by atoms with Gasteiger partial charge in [0.25, 0.3) is 5.91 Å². The lowest BCUT2D eigenvalue weighted by molar-refractivity contribution is 0.102. The Morgan fingerprint density at radius 3 is 2.57 bits per heavy atom. The van der Waals surface area contributed by atoms with Crippen LogP contribution < -0.4 is 10.0 Å². The van der Waals surface area contributed by atoms with Crippen molar-refractivity contribution in [3.8, 4) is 0 Å². The number of rotatable bonds is 5. The van der Waals surface area contributed by atoms with Crippen LogP contribution in [0.25, 0.3) is 0 Å². The minimum atomic E-state index is -3.60. The molecule has 0 heterocycles. The summed E-state index contributed by atoms with van der Waals surface area (Å²) < 4.78 is 26.4. The van der Waals surface area contributed by atoms with E-state index in [2.05, 4.69) is 10.0 Å².